The van der Waals surface area contributed by atoms with Crippen molar-refractivity contribution in [1.29, 1.82) is 0 Å². The molecule has 104 valence electrons. The number of anilines is 1. The molecule has 5 nitrogen and oxygen atoms in total. The number of hydrogen-bond acceptors (Lipinski definition) is 4. The van der Waals surface area contributed by atoms with Gasteiger partial charge in [0.2, 0.25) is 0 Å². The zero-order valence-corrected chi connectivity index (χ0v) is 11.1. The number of likely N-dealkylation sites (tertiary alicyclic amines) is 1. The molecular weight excluding hydrogens is 254 g/mol. The molecule has 3 rings (SSSR count). The molecule has 0 radical (unpaired) electrons. The third-order valence-electron chi connectivity index (χ3n) is 3.82. The van der Waals surface area contributed by atoms with Crippen LogP contribution < -0.4 is 5.73 Å². The van der Waals surface area contributed by atoms with Crippen LogP contribution in [0.2, 0.25) is 0 Å². The van der Waals surface area contributed by atoms with E-state index in [0.29, 0.717) is 17.9 Å². The van der Waals surface area contributed by atoms with E-state index in [1.165, 1.54) is 0 Å². The molecule has 1 aliphatic heterocycles. The third kappa shape index (κ3) is 2.10. The highest BCUT2D eigenvalue weighted by Crippen LogP contribution is 2.23. The molecule has 2 heterocycles. The van der Waals surface area contributed by atoms with Gasteiger partial charge < -0.3 is 15.7 Å². The molecule has 1 saturated heterocycles. The Morgan fingerprint density at radius 1 is 1.45 bits per heavy atom. The van der Waals surface area contributed by atoms with Gasteiger partial charge in [-0.15, -0.1) is 0 Å². The van der Waals surface area contributed by atoms with Gasteiger partial charge in [0.05, 0.1) is 18.2 Å². The largest absolute Gasteiger partial charge is 0.398 e. The number of fused-ring (bicyclic) bond motifs is 1. The predicted octanol–water partition coefficient (Wildman–Crippen LogP) is 1.41. The minimum absolute atomic E-state index is 0.00516. The summed E-state index contributed by atoms with van der Waals surface area (Å²) in [7, 11) is 0. The Hall–Kier alpha value is -2.14. The second-order valence-electron chi connectivity index (χ2n) is 5.09. The number of nitrogens with zero attached hydrogens (tertiary/aromatic N) is 2. The zero-order chi connectivity index (χ0) is 14.1. The van der Waals surface area contributed by atoms with Crippen LogP contribution in [0.15, 0.2) is 30.3 Å². The lowest BCUT2D eigenvalue weighted by molar-refractivity contribution is 0.0672. The molecular formula is C15H17N3O2. The van der Waals surface area contributed by atoms with Crippen LogP contribution in [0, 0.1) is 0 Å². The Bertz CT molecular complexity index is 657. The molecule has 5 heteroatoms. The summed E-state index contributed by atoms with van der Waals surface area (Å²) in [5.41, 5.74) is 7.62. The number of hydrogen-bond donors (Lipinski definition) is 2. The molecule has 0 aliphatic carbocycles. The summed E-state index contributed by atoms with van der Waals surface area (Å²) in [5.74, 6) is -0.154. The first kappa shape index (κ1) is 12.9. The number of aliphatic hydroxyl groups excluding tert-OH is 1. The minimum Gasteiger partial charge on any atom is -0.398 e. The average molecular weight is 271 g/mol. The number of nitrogens with two attached hydrogens (primary N) is 1. The monoisotopic (exact) mass is 271 g/mol. The van der Waals surface area contributed by atoms with Crippen molar-refractivity contribution in [2.75, 3.05) is 18.9 Å². The van der Waals surface area contributed by atoms with Crippen molar-refractivity contribution in [3.63, 3.8) is 0 Å². The molecule has 1 atom stereocenters. The molecule has 20 heavy (non-hydrogen) atoms. The van der Waals surface area contributed by atoms with Crippen LogP contribution in [0.5, 0.6) is 0 Å². The summed E-state index contributed by atoms with van der Waals surface area (Å²) in [6, 6.07) is 9.02. The Morgan fingerprint density at radius 3 is 3.05 bits per heavy atom. The molecule has 1 amide bonds. The predicted molar refractivity (Wildman–Crippen MR) is 77.3 cm³/mol. The van der Waals surface area contributed by atoms with Crippen molar-refractivity contribution in [3.8, 4) is 0 Å². The summed E-state index contributed by atoms with van der Waals surface area (Å²) in [4.78, 5) is 18.6. The maximum atomic E-state index is 12.5. The van der Waals surface area contributed by atoms with Crippen LogP contribution in [0.3, 0.4) is 0 Å². The number of aromatic nitrogens is 1. The standard InChI is InChI=1S/C15H17N3O2/c16-12-8-14(17-13-6-2-1-5-11(12)13)15(20)18-7-3-4-10(18)9-19/h1-2,5-6,8,10,19H,3-4,7,9H2,(H2,16,17). The molecule has 0 bridgehead atoms. The second-order valence-corrected chi connectivity index (χ2v) is 5.09. The number of carbonyl (C=O) groups is 1. The molecule has 0 saturated carbocycles. The van der Waals surface area contributed by atoms with Crippen molar-refractivity contribution < 1.29 is 9.90 Å². The number of amides is 1. The second kappa shape index (κ2) is 5.09. The maximum Gasteiger partial charge on any atom is 0.272 e. The van der Waals surface area contributed by atoms with E-state index >= 15 is 0 Å². The van der Waals surface area contributed by atoms with Gasteiger partial charge in [-0.3, -0.25) is 4.79 Å². The van der Waals surface area contributed by atoms with E-state index < -0.39 is 0 Å². The van der Waals surface area contributed by atoms with E-state index in [0.717, 1.165) is 23.7 Å². The Morgan fingerprint density at radius 2 is 2.25 bits per heavy atom. The highest BCUT2D eigenvalue weighted by Gasteiger charge is 2.29. The molecule has 2 aromatic rings. The summed E-state index contributed by atoms with van der Waals surface area (Å²) in [6.45, 7) is 0.660. The Kier molecular flexibility index (Phi) is 3.28. The van der Waals surface area contributed by atoms with Gasteiger partial charge in [-0.1, -0.05) is 18.2 Å². The highest BCUT2D eigenvalue weighted by molar-refractivity contribution is 5.99. The van der Waals surface area contributed by atoms with Gasteiger partial charge in [-0.25, -0.2) is 4.98 Å². The quantitative estimate of drug-likeness (QED) is 0.865. The molecule has 3 N–H and O–H groups in total. The fourth-order valence-electron chi connectivity index (χ4n) is 2.75. The molecule has 1 fully saturated rings. The van der Waals surface area contributed by atoms with Gasteiger partial charge in [0.15, 0.2) is 0 Å². The smallest absolute Gasteiger partial charge is 0.272 e. The summed E-state index contributed by atoms with van der Waals surface area (Å²) < 4.78 is 0. The van der Waals surface area contributed by atoms with Gasteiger partial charge in [0.1, 0.15) is 5.69 Å². The van der Waals surface area contributed by atoms with E-state index in [1.54, 1.807) is 11.0 Å². The number of nitrogen functional groups attached to an aromatic ring is 1. The topological polar surface area (TPSA) is 79.5 Å². The van der Waals surface area contributed by atoms with Crippen molar-refractivity contribution in [2.45, 2.75) is 18.9 Å². The average Bonchev–Trinajstić information content (AvgIpc) is 2.95. The van der Waals surface area contributed by atoms with Crippen molar-refractivity contribution in [3.05, 3.63) is 36.0 Å². The van der Waals surface area contributed by atoms with E-state index in [9.17, 15) is 9.90 Å². The first-order valence-electron chi connectivity index (χ1n) is 6.78. The van der Waals surface area contributed by atoms with E-state index in [-0.39, 0.29) is 18.6 Å². The number of benzene rings is 1. The van der Waals surface area contributed by atoms with Gasteiger partial charge in [-0.2, -0.15) is 0 Å². The van der Waals surface area contributed by atoms with E-state index in [4.69, 9.17) is 5.73 Å². The fraction of sp³-hybridized carbons (Fsp3) is 0.333. The number of pyridine rings is 1. The first-order chi connectivity index (χ1) is 9.70. The van der Waals surface area contributed by atoms with E-state index in [1.807, 2.05) is 24.3 Å². The number of rotatable bonds is 2. The summed E-state index contributed by atoms with van der Waals surface area (Å²) in [6.07, 6.45) is 1.76. The van der Waals surface area contributed by atoms with Gasteiger partial charge in [-0.05, 0) is 25.0 Å². The minimum atomic E-state index is -0.154. The van der Waals surface area contributed by atoms with Crippen LogP contribution in [-0.2, 0) is 0 Å². The molecule has 1 aliphatic rings. The van der Waals surface area contributed by atoms with Crippen LogP contribution in [0.1, 0.15) is 23.3 Å². The lowest BCUT2D eigenvalue weighted by Gasteiger charge is -2.22. The SMILES string of the molecule is Nc1cc(C(=O)N2CCCC2CO)nc2ccccc12. The molecule has 0 spiro atoms. The molecule has 1 aromatic carbocycles. The molecule has 1 unspecified atom stereocenters. The number of aliphatic hydroxyl groups is 1. The lowest BCUT2D eigenvalue weighted by Crippen LogP contribution is -2.38. The van der Waals surface area contributed by atoms with Crippen molar-refractivity contribution >= 4 is 22.5 Å². The highest BCUT2D eigenvalue weighted by atomic mass is 16.3. The Labute approximate surface area is 117 Å². The van der Waals surface area contributed by atoms with Crippen LogP contribution in [0.4, 0.5) is 5.69 Å². The molecule has 1 aromatic heterocycles. The van der Waals surface area contributed by atoms with Gasteiger partial charge in [0.25, 0.3) is 5.91 Å². The maximum absolute atomic E-state index is 12.5. The zero-order valence-electron chi connectivity index (χ0n) is 11.1. The summed E-state index contributed by atoms with van der Waals surface area (Å²) in [5, 5.41) is 10.2. The van der Waals surface area contributed by atoms with Crippen LogP contribution >= 0.6 is 0 Å². The normalized spacial score (nSPS) is 18.6. The fourth-order valence-corrected chi connectivity index (χ4v) is 2.75. The van der Waals surface area contributed by atoms with Crippen molar-refractivity contribution in [1.82, 2.24) is 9.88 Å². The van der Waals surface area contributed by atoms with Gasteiger partial charge in [0, 0.05) is 17.6 Å². The van der Waals surface area contributed by atoms with Gasteiger partial charge >= 0.3 is 0 Å². The summed E-state index contributed by atoms with van der Waals surface area (Å²) >= 11 is 0. The van der Waals surface area contributed by atoms with Crippen LogP contribution in [-0.4, -0.2) is 40.1 Å². The Balaban J connectivity index is 1.99. The van der Waals surface area contributed by atoms with Crippen LogP contribution in [0.25, 0.3) is 10.9 Å². The number of carbonyl (C=O) groups excluding carboxylic acids is 1. The first-order valence-corrected chi connectivity index (χ1v) is 6.78. The third-order valence-corrected chi connectivity index (χ3v) is 3.82. The van der Waals surface area contributed by atoms with Crippen molar-refractivity contribution in [2.24, 2.45) is 0 Å². The van der Waals surface area contributed by atoms with E-state index in [2.05, 4.69) is 4.98 Å². The number of para-hydroxylation sites is 1. The lowest BCUT2D eigenvalue weighted by atomic mass is 10.1.